The van der Waals surface area contributed by atoms with Gasteiger partial charge in [-0.3, -0.25) is 4.79 Å². The second kappa shape index (κ2) is 9.60. The van der Waals surface area contributed by atoms with E-state index in [4.69, 9.17) is 14.2 Å². The quantitative estimate of drug-likeness (QED) is 0.437. The second-order valence-electron chi connectivity index (χ2n) is 7.33. The van der Waals surface area contributed by atoms with Gasteiger partial charge in [0.2, 0.25) is 11.7 Å². The van der Waals surface area contributed by atoms with E-state index in [1.54, 1.807) is 22.8 Å². The molecule has 0 bridgehead atoms. The third kappa shape index (κ3) is 4.59. The van der Waals surface area contributed by atoms with Crippen LogP contribution in [0.15, 0.2) is 60.7 Å². The number of aromatic nitrogens is 2. The number of imidazole rings is 1. The van der Waals surface area contributed by atoms with Crippen LogP contribution in [0, 0.1) is 5.82 Å². The molecule has 0 aliphatic carbocycles. The van der Waals surface area contributed by atoms with Gasteiger partial charge in [-0.1, -0.05) is 30.3 Å². The number of benzene rings is 3. The summed E-state index contributed by atoms with van der Waals surface area (Å²) in [5, 5.41) is 2.92. The lowest BCUT2D eigenvalue weighted by Gasteiger charge is -2.15. The van der Waals surface area contributed by atoms with Crippen molar-refractivity contribution in [3.8, 4) is 28.6 Å². The summed E-state index contributed by atoms with van der Waals surface area (Å²) in [5.41, 5.74) is 2.70. The molecule has 8 heteroatoms. The number of ether oxygens (including phenoxy) is 3. The average Bonchev–Trinajstić information content (AvgIpc) is 3.19. The van der Waals surface area contributed by atoms with E-state index < -0.39 is 5.82 Å². The molecule has 0 unspecified atom stereocenters. The molecule has 0 fully saturated rings. The van der Waals surface area contributed by atoms with Crippen molar-refractivity contribution in [3.63, 3.8) is 0 Å². The smallest absolute Gasteiger partial charge is 0.240 e. The number of carbonyl (C=O) groups is 1. The molecular weight excluding hydrogens is 425 g/mol. The van der Waals surface area contributed by atoms with E-state index >= 15 is 0 Å². The van der Waals surface area contributed by atoms with Crippen molar-refractivity contribution >= 4 is 16.9 Å². The van der Waals surface area contributed by atoms with E-state index in [2.05, 4.69) is 10.3 Å². The van der Waals surface area contributed by atoms with E-state index in [1.165, 1.54) is 33.5 Å². The number of hydrogen-bond acceptors (Lipinski definition) is 5. The summed E-state index contributed by atoms with van der Waals surface area (Å²) in [6, 6.07) is 17.4. The maximum Gasteiger partial charge on any atom is 0.240 e. The second-order valence-corrected chi connectivity index (χ2v) is 7.33. The third-order valence-corrected chi connectivity index (χ3v) is 5.27. The fourth-order valence-electron chi connectivity index (χ4n) is 3.69. The Morgan fingerprint density at radius 3 is 2.30 bits per heavy atom. The van der Waals surface area contributed by atoms with Crippen molar-refractivity contribution in [2.75, 3.05) is 21.3 Å². The first-order chi connectivity index (χ1) is 16.0. The van der Waals surface area contributed by atoms with Crippen LogP contribution in [0.1, 0.15) is 5.56 Å². The molecule has 0 atom stereocenters. The van der Waals surface area contributed by atoms with Gasteiger partial charge in [-0.2, -0.15) is 0 Å². The van der Waals surface area contributed by atoms with E-state index in [0.717, 1.165) is 5.56 Å². The molecule has 4 aromatic rings. The van der Waals surface area contributed by atoms with Gasteiger partial charge in [-0.05, 0) is 29.8 Å². The van der Waals surface area contributed by atoms with Crippen LogP contribution in [0.4, 0.5) is 4.39 Å². The number of fused-ring (bicyclic) bond motifs is 1. The van der Waals surface area contributed by atoms with Gasteiger partial charge < -0.3 is 24.1 Å². The zero-order valence-corrected chi connectivity index (χ0v) is 18.6. The molecule has 33 heavy (non-hydrogen) atoms. The van der Waals surface area contributed by atoms with Gasteiger partial charge in [0.15, 0.2) is 11.5 Å². The molecule has 4 rings (SSSR count). The summed E-state index contributed by atoms with van der Waals surface area (Å²) in [4.78, 5) is 17.4. The first kappa shape index (κ1) is 22.1. The van der Waals surface area contributed by atoms with Crippen LogP contribution < -0.4 is 19.5 Å². The predicted octanol–water partition coefficient (Wildman–Crippen LogP) is 4.18. The number of carbonyl (C=O) groups excluding carboxylic acids is 1. The van der Waals surface area contributed by atoms with Crippen LogP contribution in [0.2, 0.25) is 0 Å². The van der Waals surface area contributed by atoms with E-state index in [-0.39, 0.29) is 12.5 Å². The molecular formula is C25H24FN3O4. The van der Waals surface area contributed by atoms with Gasteiger partial charge >= 0.3 is 0 Å². The number of halogens is 1. The van der Waals surface area contributed by atoms with Gasteiger partial charge in [0.1, 0.15) is 18.2 Å². The van der Waals surface area contributed by atoms with Gasteiger partial charge in [0.25, 0.3) is 0 Å². The number of hydrogen-bond donors (Lipinski definition) is 1. The van der Waals surface area contributed by atoms with Crippen molar-refractivity contribution < 1.29 is 23.4 Å². The number of nitrogens with one attached hydrogen (secondary N) is 1. The van der Waals surface area contributed by atoms with Crippen molar-refractivity contribution in [2.24, 2.45) is 0 Å². The first-order valence-electron chi connectivity index (χ1n) is 10.3. The largest absolute Gasteiger partial charge is 0.493 e. The van der Waals surface area contributed by atoms with Crippen LogP contribution in [0.3, 0.4) is 0 Å². The summed E-state index contributed by atoms with van der Waals surface area (Å²) in [6.07, 6.45) is 0. The van der Waals surface area contributed by atoms with Crippen LogP contribution in [0.25, 0.3) is 22.4 Å². The Morgan fingerprint density at radius 1 is 0.970 bits per heavy atom. The topological polar surface area (TPSA) is 74.6 Å². The van der Waals surface area contributed by atoms with Crippen molar-refractivity contribution in [2.45, 2.75) is 13.1 Å². The van der Waals surface area contributed by atoms with Gasteiger partial charge in [0, 0.05) is 18.2 Å². The lowest BCUT2D eigenvalue weighted by molar-refractivity contribution is -0.121. The minimum atomic E-state index is -0.405. The Labute approximate surface area is 190 Å². The molecule has 7 nitrogen and oxygen atoms in total. The van der Waals surface area contributed by atoms with Crippen molar-refractivity contribution in [1.82, 2.24) is 14.9 Å². The lowest BCUT2D eigenvalue weighted by Crippen LogP contribution is -2.27. The maximum atomic E-state index is 13.9. The third-order valence-electron chi connectivity index (χ3n) is 5.27. The molecule has 1 N–H and O–H groups in total. The highest BCUT2D eigenvalue weighted by Crippen LogP contribution is 2.41. The molecule has 0 spiro atoms. The molecule has 0 radical (unpaired) electrons. The Hall–Kier alpha value is -4.07. The SMILES string of the molecule is COc1cc(-c2nc3cc(F)ccc3n2CC(=O)NCc2ccccc2)cc(OC)c1OC. The lowest BCUT2D eigenvalue weighted by atomic mass is 10.1. The first-order valence-corrected chi connectivity index (χ1v) is 10.3. The summed E-state index contributed by atoms with van der Waals surface area (Å²) in [7, 11) is 4.57. The standard InChI is InChI=1S/C25H24FN3O4/c1-31-21-11-17(12-22(32-2)24(21)33-3)25-28-19-13-18(26)9-10-20(19)29(25)15-23(30)27-14-16-7-5-4-6-8-16/h4-13H,14-15H2,1-3H3,(H,27,30). The molecule has 1 amide bonds. The molecule has 1 heterocycles. The van der Waals surface area contributed by atoms with E-state index in [0.29, 0.717) is 46.2 Å². The molecule has 0 saturated carbocycles. The Kier molecular flexibility index (Phi) is 6.44. The van der Waals surface area contributed by atoms with Gasteiger partial charge in [0.05, 0.1) is 32.4 Å². The summed E-state index contributed by atoms with van der Waals surface area (Å²) in [6.45, 7) is 0.404. The van der Waals surface area contributed by atoms with Crippen LogP contribution in [0.5, 0.6) is 17.2 Å². The number of nitrogens with zero attached hydrogens (tertiary/aromatic N) is 2. The Morgan fingerprint density at radius 2 is 1.67 bits per heavy atom. The Bertz CT molecular complexity index is 1260. The van der Waals surface area contributed by atoms with Crippen LogP contribution in [-0.4, -0.2) is 36.8 Å². The zero-order valence-electron chi connectivity index (χ0n) is 18.6. The Balaban J connectivity index is 1.74. The summed E-state index contributed by atoms with van der Waals surface area (Å²) in [5.74, 6) is 1.21. The van der Waals surface area contributed by atoms with Crippen molar-refractivity contribution in [1.29, 1.82) is 0 Å². The van der Waals surface area contributed by atoms with Gasteiger partial charge in [-0.25, -0.2) is 9.37 Å². The predicted molar refractivity (Wildman–Crippen MR) is 123 cm³/mol. The molecule has 1 aromatic heterocycles. The molecule has 3 aromatic carbocycles. The zero-order chi connectivity index (χ0) is 23.4. The summed E-state index contributed by atoms with van der Waals surface area (Å²) < 4.78 is 32.0. The monoisotopic (exact) mass is 449 g/mol. The number of amides is 1. The molecule has 0 saturated heterocycles. The highest BCUT2D eigenvalue weighted by Gasteiger charge is 2.20. The average molecular weight is 449 g/mol. The van der Waals surface area contributed by atoms with E-state index in [9.17, 15) is 9.18 Å². The highest BCUT2D eigenvalue weighted by molar-refractivity contribution is 5.85. The van der Waals surface area contributed by atoms with E-state index in [1.807, 2.05) is 30.3 Å². The highest BCUT2D eigenvalue weighted by atomic mass is 19.1. The normalized spacial score (nSPS) is 10.8. The van der Waals surface area contributed by atoms with Crippen LogP contribution >= 0.6 is 0 Å². The molecule has 0 aliphatic rings. The molecule has 170 valence electrons. The van der Waals surface area contributed by atoms with Crippen LogP contribution in [-0.2, 0) is 17.9 Å². The minimum absolute atomic E-state index is 0.000952. The number of rotatable bonds is 8. The summed E-state index contributed by atoms with van der Waals surface area (Å²) >= 11 is 0. The fourth-order valence-corrected chi connectivity index (χ4v) is 3.69. The maximum absolute atomic E-state index is 13.9. The number of methoxy groups -OCH3 is 3. The molecule has 0 aliphatic heterocycles. The van der Waals surface area contributed by atoms with Gasteiger partial charge in [-0.15, -0.1) is 0 Å². The fraction of sp³-hybridized carbons (Fsp3) is 0.200. The van der Waals surface area contributed by atoms with Crippen molar-refractivity contribution in [3.05, 3.63) is 72.0 Å². The minimum Gasteiger partial charge on any atom is -0.493 e.